The molecule has 4 rings (SSSR count). The molecule has 20 heavy (non-hydrogen) atoms. The van der Waals surface area contributed by atoms with Crippen LogP contribution in [0.4, 0.5) is 5.69 Å². The fourth-order valence-electron chi connectivity index (χ4n) is 4.09. The van der Waals surface area contributed by atoms with Gasteiger partial charge in [0.15, 0.2) is 0 Å². The number of nitrogens with zero attached hydrogens (tertiary/aromatic N) is 1. The van der Waals surface area contributed by atoms with Crippen molar-refractivity contribution in [1.29, 1.82) is 0 Å². The molecule has 2 aromatic carbocycles. The van der Waals surface area contributed by atoms with Crippen molar-refractivity contribution in [1.82, 2.24) is 4.90 Å². The summed E-state index contributed by atoms with van der Waals surface area (Å²) in [5, 5.41) is 3.27. The van der Waals surface area contributed by atoms with Gasteiger partial charge in [-0.3, -0.25) is 4.90 Å². The number of benzene rings is 2. The Morgan fingerprint density at radius 3 is 2.75 bits per heavy atom. The Morgan fingerprint density at radius 1 is 1.15 bits per heavy atom. The lowest BCUT2D eigenvalue weighted by Crippen LogP contribution is -2.42. The number of rotatable bonds is 1. The van der Waals surface area contributed by atoms with Gasteiger partial charge in [0.1, 0.15) is 0 Å². The van der Waals surface area contributed by atoms with Crippen LogP contribution in [0.15, 0.2) is 42.5 Å². The van der Waals surface area contributed by atoms with E-state index in [1.807, 2.05) is 7.05 Å². The van der Waals surface area contributed by atoms with Crippen molar-refractivity contribution in [2.45, 2.75) is 24.9 Å². The average Bonchev–Trinajstić information content (AvgIpc) is 2.64. The predicted molar refractivity (Wildman–Crippen MR) is 83.1 cm³/mol. The third-order valence-corrected chi connectivity index (χ3v) is 5.35. The van der Waals surface area contributed by atoms with Crippen LogP contribution in [0.5, 0.6) is 0 Å². The minimum absolute atomic E-state index is 0.00169. The maximum Gasteiger partial charge on any atom is 0.0696 e. The summed E-state index contributed by atoms with van der Waals surface area (Å²) in [4.78, 5) is 2.54. The van der Waals surface area contributed by atoms with Gasteiger partial charge in [-0.2, -0.15) is 0 Å². The Hall–Kier alpha value is -1.80. The number of likely N-dealkylation sites (N-methyl/N-ethyl adjacent to an activating group) is 1. The summed E-state index contributed by atoms with van der Waals surface area (Å²) in [6, 6.07) is 16.3. The smallest absolute Gasteiger partial charge is 0.0696 e. The minimum atomic E-state index is 0.00169. The molecule has 0 aliphatic carbocycles. The molecule has 2 heterocycles. The molecule has 0 saturated carbocycles. The highest BCUT2D eigenvalue weighted by Gasteiger charge is 2.50. The molecule has 0 spiro atoms. The molecule has 2 heteroatoms. The normalized spacial score (nSPS) is 27.1. The van der Waals surface area contributed by atoms with E-state index in [-0.39, 0.29) is 5.54 Å². The molecule has 2 aliphatic rings. The van der Waals surface area contributed by atoms with Crippen LogP contribution in [0.1, 0.15) is 35.2 Å². The Balaban J connectivity index is 2.02. The Morgan fingerprint density at radius 2 is 1.95 bits per heavy atom. The molecule has 102 valence electrons. The third kappa shape index (κ3) is 1.27. The summed E-state index contributed by atoms with van der Waals surface area (Å²) in [5.41, 5.74) is 7.11. The molecule has 0 unspecified atom stereocenters. The molecule has 2 atom stereocenters. The second-order valence-electron chi connectivity index (χ2n) is 6.11. The monoisotopic (exact) mass is 264 g/mol. The molecule has 2 aromatic rings. The van der Waals surface area contributed by atoms with Gasteiger partial charge >= 0.3 is 0 Å². The van der Waals surface area contributed by atoms with E-state index in [0.29, 0.717) is 6.04 Å². The van der Waals surface area contributed by atoms with E-state index in [2.05, 4.69) is 66.7 Å². The Labute approximate surface area is 120 Å². The first kappa shape index (κ1) is 12.0. The van der Waals surface area contributed by atoms with Gasteiger partial charge in [-0.25, -0.2) is 0 Å². The molecule has 0 fully saturated rings. The largest absolute Gasteiger partial charge is 0.388 e. The molecule has 2 nitrogen and oxygen atoms in total. The maximum atomic E-state index is 3.27. The zero-order valence-corrected chi connectivity index (χ0v) is 12.3. The van der Waals surface area contributed by atoms with Gasteiger partial charge in [-0.1, -0.05) is 30.3 Å². The SMILES string of the molecule is CNc1ccc2c(c1)[C@@]1(C)c3ccccc3[C@@H](C2)N1C. The topological polar surface area (TPSA) is 15.3 Å². The Kier molecular flexibility index (Phi) is 2.31. The fourth-order valence-corrected chi connectivity index (χ4v) is 4.09. The lowest BCUT2D eigenvalue weighted by Gasteiger charge is -2.42. The zero-order valence-electron chi connectivity index (χ0n) is 12.3. The van der Waals surface area contributed by atoms with E-state index in [9.17, 15) is 0 Å². The summed E-state index contributed by atoms with van der Waals surface area (Å²) in [7, 11) is 4.25. The first-order valence-corrected chi connectivity index (χ1v) is 7.29. The van der Waals surface area contributed by atoms with Crippen molar-refractivity contribution in [2.75, 3.05) is 19.4 Å². The molecule has 2 bridgehead atoms. The van der Waals surface area contributed by atoms with Crippen molar-refractivity contribution in [2.24, 2.45) is 0 Å². The average molecular weight is 264 g/mol. The Bertz CT molecular complexity index is 692. The van der Waals surface area contributed by atoms with Gasteiger partial charge in [0.05, 0.1) is 5.54 Å². The molecule has 2 aliphatic heterocycles. The number of nitrogens with one attached hydrogen (secondary N) is 1. The van der Waals surface area contributed by atoms with E-state index in [0.717, 1.165) is 6.42 Å². The third-order valence-electron chi connectivity index (χ3n) is 5.35. The van der Waals surface area contributed by atoms with Crippen LogP contribution < -0.4 is 5.32 Å². The quantitative estimate of drug-likeness (QED) is 0.847. The lowest BCUT2D eigenvalue weighted by atomic mass is 9.81. The second-order valence-corrected chi connectivity index (χ2v) is 6.11. The summed E-state index contributed by atoms with van der Waals surface area (Å²) in [6.45, 7) is 2.36. The van der Waals surface area contributed by atoms with Gasteiger partial charge in [0, 0.05) is 18.8 Å². The van der Waals surface area contributed by atoms with Crippen molar-refractivity contribution < 1.29 is 0 Å². The standard InChI is InChI=1S/C18H20N2/c1-18-15-7-5-4-6-14(15)17(20(18)3)10-12-8-9-13(19-2)11-16(12)18/h4-9,11,17,19H,10H2,1-3H3/t17-,18-/m1/s1. The van der Waals surface area contributed by atoms with E-state index < -0.39 is 0 Å². The van der Waals surface area contributed by atoms with E-state index in [4.69, 9.17) is 0 Å². The van der Waals surface area contributed by atoms with Crippen LogP contribution in [-0.4, -0.2) is 19.0 Å². The van der Waals surface area contributed by atoms with Crippen LogP contribution in [0.3, 0.4) is 0 Å². The molecule has 1 N–H and O–H groups in total. The molecular weight excluding hydrogens is 244 g/mol. The second kappa shape index (κ2) is 3.86. The fraction of sp³-hybridized carbons (Fsp3) is 0.333. The van der Waals surface area contributed by atoms with E-state index >= 15 is 0 Å². The van der Waals surface area contributed by atoms with Crippen molar-refractivity contribution in [3.05, 3.63) is 64.7 Å². The van der Waals surface area contributed by atoms with E-state index in [1.54, 1.807) is 0 Å². The van der Waals surface area contributed by atoms with Gasteiger partial charge in [0.25, 0.3) is 0 Å². The van der Waals surface area contributed by atoms with Gasteiger partial charge < -0.3 is 5.32 Å². The van der Waals surface area contributed by atoms with Crippen LogP contribution in [0.25, 0.3) is 0 Å². The molecular formula is C18H20N2. The van der Waals surface area contributed by atoms with Crippen molar-refractivity contribution >= 4 is 5.69 Å². The maximum absolute atomic E-state index is 3.27. The summed E-state index contributed by atoms with van der Waals surface area (Å²) in [6.07, 6.45) is 1.11. The molecule has 0 radical (unpaired) electrons. The van der Waals surface area contributed by atoms with Crippen LogP contribution >= 0.6 is 0 Å². The van der Waals surface area contributed by atoms with Crippen molar-refractivity contribution in [3.8, 4) is 0 Å². The number of hydrogen-bond donors (Lipinski definition) is 1. The first-order chi connectivity index (χ1) is 9.66. The lowest BCUT2D eigenvalue weighted by molar-refractivity contribution is 0.133. The highest BCUT2D eigenvalue weighted by Crippen LogP contribution is 2.54. The zero-order chi connectivity index (χ0) is 13.9. The molecule has 0 amide bonds. The number of hydrogen-bond acceptors (Lipinski definition) is 2. The van der Waals surface area contributed by atoms with Gasteiger partial charge in [-0.05, 0) is 54.8 Å². The van der Waals surface area contributed by atoms with Gasteiger partial charge in [0.2, 0.25) is 0 Å². The van der Waals surface area contributed by atoms with Crippen LogP contribution in [-0.2, 0) is 12.0 Å². The summed E-state index contributed by atoms with van der Waals surface area (Å²) in [5.74, 6) is 0. The highest BCUT2D eigenvalue weighted by atomic mass is 15.2. The van der Waals surface area contributed by atoms with Crippen LogP contribution in [0.2, 0.25) is 0 Å². The summed E-state index contributed by atoms with van der Waals surface area (Å²) < 4.78 is 0. The number of anilines is 1. The first-order valence-electron chi connectivity index (χ1n) is 7.29. The van der Waals surface area contributed by atoms with E-state index in [1.165, 1.54) is 27.9 Å². The van der Waals surface area contributed by atoms with Crippen LogP contribution in [0, 0.1) is 0 Å². The highest BCUT2D eigenvalue weighted by molar-refractivity contribution is 5.59. The number of fused-ring (bicyclic) bond motifs is 7. The minimum Gasteiger partial charge on any atom is -0.388 e. The van der Waals surface area contributed by atoms with Crippen molar-refractivity contribution in [3.63, 3.8) is 0 Å². The molecule has 0 aromatic heterocycles. The van der Waals surface area contributed by atoms with Gasteiger partial charge in [-0.15, -0.1) is 0 Å². The summed E-state index contributed by atoms with van der Waals surface area (Å²) >= 11 is 0. The predicted octanol–water partition coefficient (Wildman–Crippen LogP) is 3.53. The molecule has 0 saturated heterocycles.